The topological polar surface area (TPSA) is 67.6 Å². The summed E-state index contributed by atoms with van der Waals surface area (Å²) >= 11 is 0. The lowest BCUT2D eigenvalue weighted by Crippen LogP contribution is -2.38. The SMILES string of the molecule is COc1ccc(C(=O)NC2CCC(CCN3CCC(c4noc5cc(F)ccc45)CC3)CC2)cc1. The number of hydrogen-bond acceptors (Lipinski definition) is 5. The Hall–Kier alpha value is -2.93. The van der Waals surface area contributed by atoms with E-state index in [1.807, 2.05) is 24.3 Å². The lowest BCUT2D eigenvalue weighted by molar-refractivity contribution is 0.0919. The quantitative estimate of drug-likeness (QED) is 0.482. The number of nitrogens with zero attached hydrogens (tertiary/aromatic N) is 2. The first-order valence-electron chi connectivity index (χ1n) is 12.8. The molecule has 1 aromatic heterocycles. The molecule has 7 heteroatoms. The van der Waals surface area contributed by atoms with E-state index >= 15 is 0 Å². The van der Waals surface area contributed by atoms with Crippen molar-refractivity contribution in [2.45, 2.75) is 56.9 Å². The maximum absolute atomic E-state index is 13.4. The van der Waals surface area contributed by atoms with Crippen LogP contribution in [0.15, 0.2) is 47.0 Å². The molecule has 1 N–H and O–H groups in total. The fourth-order valence-corrected chi connectivity index (χ4v) is 5.63. The third-order valence-corrected chi connectivity index (χ3v) is 7.82. The molecule has 1 saturated carbocycles. The molecule has 2 heterocycles. The van der Waals surface area contributed by atoms with Crippen molar-refractivity contribution in [1.82, 2.24) is 15.4 Å². The number of fused-ring (bicyclic) bond motifs is 1. The molecule has 1 aliphatic heterocycles. The lowest BCUT2D eigenvalue weighted by Gasteiger charge is -2.34. The maximum Gasteiger partial charge on any atom is 0.251 e. The molecule has 0 spiro atoms. The Morgan fingerprint density at radius 1 is 1.09 bits per heavy atom. The second kappa shape index (κ2) is 10.8. The van der Waals surface area contributed by atoms with Crippen molar-refractivity contribution >= 4 is 16.9 Å². The molecule has 2 fully saturated rings. The maximum atomic E-state index is 13.4. The summed E-state index contributed by atoms with van der Waals surface area (Å²) in [6.45, 7) is 3.26. The van der Waals surface area contributed by atoms with Crippen molar-refractivity contribution in [1.29, 1.82) is 0 Å². The molecular weight excluding hydrogens is 445 g/mol. The van der Waals surface area contributed by atoms with Gasteiger partial charge in [0, 0.05) is 29.0 Å². The van der Waals surface area contributed by atoms with Gasteiger partial charge < -0.3 is 19.5 Å². The van der Waals surface area contributed by atoms with Crippen LogP contribution >= 0.6 is 0 Å². The van der Waals surface area contributed by atoms with Crippen LogP contribution in [0.5, 0.6) is 5.75 Å². The van der Waals surface area contributed by atoms with E-state index in [0.717, 1.165) is 68.1 Å². The van der Waals surface area contributed by atoms with E-state index in [2.05, 4.69) is 15.4 Å². The van der Waals surface area contributed by atoms with Crippen LogP contribution in [-0.4, -0.2) is 48.7 Å². The first-order chi connectivity index (χ1) is 17.1. The van der Waals surface area contributed by atoms with Crippen molar-refractivity contribution in [3.05, 3.63) is 59.5 Å². The molecule has 1 aliphatic carbocycles. The van der Waals surface area contributed by atoms with Crippen molar-refractivity contribution < 1.29 is 18.4 Å². The molecule has 35 heavy (non-hydrogen) atoms. The van der Waals surface area contributed by atoms with Gasteiger partial charge in [-0.15, -0.1) is 0 Å². The number of piperidine rings is 1. The highest BCUT2D eigenvalue weighted by Crippen LogP contribution is 2.33. The zero-order valence-corrected chi connectivity index (χ0v) is 20.3. The molecular formula is C28H34FN3O3. The van der Waals surface area contributed by atoms with E-state index in [9.17, 15) is 9.18 Å². The Balaban J connectivity index is 1.02. The van der Waals surface area contributed by atoms with Crippen LogP contribution in [0.2, 0.25) is 0 Å². The normalized spacial score (nSPS) is 21.8. The highest BCUT2D eigenvalue weighted by Gasteiger charge is 2.27. The summed E-state index contributed by atoms with van der Waals surface area (Å²) in [7, 11) is 1.63. The van der Waals surface area contributed by atoms with Gasteiger partial charge in [-0.3, -0.25) is 4.79 Å². The van der Waals surface area contributed by atoms with Gasteiger partial charge in [-0.25, -0.2) is 4.39 Å². The zero-order valence-electron chi connectivity index (χ0n) is 20.3. The van der Waals surface area contributed by atoms with E-state index in [4.69, 9.17) is 9.26 Å². The van der Waals surface area contributed by atoms with Crippen LogP contribution < -0.4 is 10.1 Å². The summed E-state index contributed by atoms with van der Waals surface area (Å²) in [6.07, 6.45) is 7.78. The average Bonchev–Trinajstić information content (AvgIpc) is 3.31. The molecule has 0 atom stereocenters. The van der Waals surface area contributed by atoms with Gasteiger partial charge in [0.25, 0.3) is 5.91 Å². The van der Waals surface area contributed by atoms with Gasteiger partial charge in [0.15, 0.2) is 5.58 Å². The fourth-order valence-electron chi connectivity index (χ4n) is 5.63. The van der Waals surface area contributed by atoms with Crippen molar-refractivity contribution in [2.75, 3.05) is 26.7 Å². The minimum Gasteiger partial charge on any atom is -0.497 e. The number of methoxy groups -OCH3 is 1. The van der Waals surface area contributed by atoms with E-state index in [-0.39, 0.29) is 17.8 Å². The van der Waals surface area contributed by atoms with Gasteiger partial charge in [0.05, 0.1) is 12.8 Å². The van der Waals surface area contributed by atoms with Crippen LogP contribution in [-0.2, 0) is 0 Å². The molecule has 1 saturated heterocycles. The molecule has 0 radical (unpaired) electrons. The molecule has 1 amide bonds. The summed E-state index contributed by atoms with van der Waals surface area (Å²) in [5.74, 6) is 1.58. The zero-order chi connectivity index (χ0) is 24.2. The standard InChI is InChI=1S/C28H34FN3O3/c1-34-24-9-4-21(5-10-24)28(33)30-23-7-2-19(3-8-23)12-15-32-16-13-20(14-17-32)27-25-11-6-22(29)18-26(25)35-31-27/h4-6,9-11,18-20,23H,2-3,7-8,12-17H2,1H3,(H,30,33). The van der Waals surface area contributed by atoms with E-state index < -0.39 is 0 Å². The second-order valence-electron chi connectivity index (χ2n) is 10.0. The van der Waals surface area contributed by atoms with Gasteiger partial charge in [-0.1, -0.05) is 5.16 Å². The minimum atomic E-state index is -0.288. The number of rotatable bonds is 7. The monoisotopic (exact) mass is 479 g/mol. The molecule has 0 unspecified atom stereocenters. The molecule has 6 nitrogen and oxygen atoms in total. The summed E-state index contributed by atoms with van der Waals surface area (Å²) < 4.78 is 24.0. The van der Waals surface area contributed by atoms with Gasteiger partial charge in [-0.05, 0) is 107 Å². The number of ether oxygens (including phenoxy) is 1. The molecule has 3 aromatic rings. The predicted molar refractivity (Wildman–Crippen MR) is 133 cm³/mol. The summed E-state index contributed by atoms with van der Waals surface area (Å²) in [5.41, 5.74) is 2.20. The number of aromatic nitrogens is 1. The first kappa shape index (κ1) is 23.8. The van der Waals surface area contributed by atoms with E-state index in [1.165, 1.54) is 31.4 Å². The number of carbonyl (C=O) groups excluding carboxylic acids is 1. The van der Waals surface area contributed by atoms with Crippen molar-refractivity contribution in [2.24, 2.45) is 5.92 Å². The number of amides is 1. The second-order valence-corrected chi connectivity index (χ2v) is 10.0. The van der Waals surface area contributed by atoms with Crippen LogP contribution in [0.4, 0.5) is 4.39 Å². The minimum absolute atomic E-state index is 0.00370. The Morgan fingerprint density at radius 2 is 1.83 bits per heavy atom. The number of nitrogens with one attached hydrogen (secondary N) is 1. The third-order valence-electron chi connectivity index (χ3n) is 7.82. The molecule has 2 aromatic carbocycles. The van der Waals surface area contributed by atoms with Crippen molar-refractivity contribution in [3.63, 3.8) is 0 Å². The Morgan fingerprint density at radius 3 is 2.54 bits per heavy atom. The van der Waals surface area contributed by atoms with Crippen LogP contribution in [0, 0.1) is 11.7 Å². The number of hydrogen-bond donors (Lipinski definition) is 1. The fraction of sp³-hybridized carbons (Fsp3) is 0.500. The molecule has 2 aliphatic rings. The predicted octanol–water partition coefficient (Wildman–Crippen LogP) is 5.53. The molecule has 5 rings (SSSR count). The average molecular weight is 480 g/mol. The van der Waals surface area contributed by atoms with Crippen LogP contribution in [0.25, 0.3) is 11.0 Å². The van der Waals surface area contributed by atoms with Gasteiger partial charge >= 0.3 is 0 Å². The summed E-state index contributed by atoms with van der Waals surface area (Å²) in [5, 5.41) is 8.42. The number of benzene rings is 2. The Bertz CT molecular complexity index is 1130. The largest absolute Gasteiger partial charge is 0.497 e. The van der Waals surface area contributed by atoms with Gasteiger partial charge in [0.2, 0.25) is 0 Å². The van der Waals surface area contributed by atoms with Crippen LogP contribution in [0.1, 0.15) is 66.9 Å². The Kier molecular flexibility index (Phi) is 7.32. The smallest absolute Gasteiger partial charge is 0.251 e. The summed E-state index contributed by atoms with van der Waals surface area (Å²) in [6, 6.07) is 12.2. The highest BCUT2D eigenvalue weighted by atomic mass is 19.1. The first-order valence-corrected chi connectivity index (χ1v) is 12.8. The van der Waals surface area contributed by atoms with E-state index in [1.54, 1.807) is 13.2 Å². The third kappa shape index (κ3) is 5.67. The Labute approximate surface area is 205 Å². The van der Waals surface area contributed by atoms with Crippen molar-refractivity contribution in [3.8, 4) is 5.75 Å². The van der Waals surface area contributed by atoms with Crippen LogP contribution in [0.3, 0.4) is 0 Å². The van der Waals surface area contributed by atoms with Gasteiger partial charge in [0.1, 0.15) is 11.6 Å². The molecule has 186 valence electrons. The molecule has 0 bridgehead atoms. The summed E-state index contributed by atoms with van der Waals surface area (Å²) in [4.78, 5) is 15.1. The van der Waals surface area contributed by atoms with Gasteiger partial charge in [-0.2, -0.15) is 0 Å². The number of likely N-dealkylation sites (tertiary alicyclic amines) is 1. The number of carbonyl (C=O) groups is 1. The van der Waals surface area contributed by atoms with E-state index in [0.29, 0.717) is 17.1 Å². The number of halogens is 1. The highest BCUT2D eigenvalue weighted by molar-refractivity contribution is 5.94. The lowest BCUT2D eigenvalue weighted by atomic mass is 9.83.